The molecule has 0 spiro atoms. The lowest BCUT2D eigenvalue weighted by molar-refractivity contribution is 0.0499. The van der Waals surface area contributed by atoms with Gasteiger partial charge in [-0.1, -0.05) is 43.3 Å². The van der Waals surface area contributed by atoms with Crippen molar-refractivity contribution in [2.45, 2.75) is 96.7 Å². The number of piperidine rings is 1. The molecule has 0 aliphatic carbocycles. The zero-order chi connectivity index (χ0) is 39.8. The van der Waals surface area contributed by atoms with Crippen molar-refractivity contribution in [1.29, 1.82) is 0 Å². The SMILES string of the molecule is Cc1ncsc1-c1ccc([C@H](CC[C@H](C)CCN2CCC(c3ccc4c(c3)n([C@H]3CCOC3)c3nc(=O)c5c(Br)cccc5n43)CC2)NC(=O)OC(C)(C)C)cc1. The van der Waals surface area contributed by atoms with E-state index in [1.807, 2.05) is 51.4 Å². The number of ether oxygens (including phenoxy) is 2. The molecule has 1 N–H and O–H groups in total. The molecule has 6 aromatic rings. The van der Waals surface area contributed by atoms with Gasteiger partial charge in [-0.3, -0.25) is 9.20 Å². The third-order valence-corrected chi connectivity index (χ3v) is 13.4. The highest BCUT2D eigenvalue weighted by Gasteiger charge is 2.28. The number of fused-ring (bicyclic) bond motifs is 5. The fraction of sp³-hybridized carbons (Fsp3) is 0.467. The molecule has 12 heteroatoms. The van der Waals surface area contributed by atoms with Crippen molar-refractivity contribution in [3.8, 4) is 10.4 Å². The average Bonchev–Trinajstić information content (AvgIpc) is 3.94. The smallest absolute Gasteiger partial charge is 0.408 e. The molecule has 0 saturated carbocycles. The van der Waals surface area contributed by atoms with Crippen LogP contribution in [0.4, 0.5) is 4.79 Å². The van der Waals surface area contributed by atoms with E-state index in [0.29, 0.717) is 36.2 Å². The molecule has 1 amide bonds. The number of benzene rings is 3. The fourth-order valence-electron chi connectivity index (χ4n) is 8.69. The standard InChI is InChI=1S/C45H53BrN6O4S/c1-28(9-15-36(48-44(54)56-45(3,4)5)31-10-12-32(13-11-31)41-29(2)47-27-57-41)17-21-50-22-18-30(19-23-50)33-14-16-37-39(25-33)51(34-20-24-55-26-34)43-49-42(53)40-35(46)7-6-8-38(40)52(37)43/h6-8,10-14,16,25,27-28,30,34,36H,9,15,17-24,26H2,1-5H3,(H,48,54)/t28-,34-,36-/m0/s1. The Balaban J connectivity index is 0.914. The number of hydrogen-bond acceptors (Lipinski definition) is 8. The highest BCUT2D eigenvalue weighted by atomic mass is 79.9. The lowest BCUT2D eigenvalue weighted by Crippen LogP contribution is -2.35. The molecule has 0 bridgehead atoms. The molecular formula is C45H53BrN6O4S. The quantitative estimate of drug-likeness (QED) is 0.138. The minimum atomic E-state index is -0.562. The lowest BCUT2D eigenvalue weighted by Gasteiger charge is -2.33. The number of thiazole rings is 1. The Labute approximate surface area is 346 Å². The van der Waals surface area contributed by atoms with Gasteiger partial charge in [0, 0.05) is 11.1 Å². The van der Waals surface area contributed by atoms with E-state index in [-0.39, 0.29) is 23.7 Å². The van der Waals surface area contributed by atoms with Crippen LogP contribution >= 0.6 is 27.3 Å². The maximum Gasteiger partial charge on any atom is 0.408 e. The number of carbonyl (C=O) groups is 1. The van der Waals surface area contributed by atoms with Crippen molar-refractivity contribution >= 4 is 61.1 Å². The lowest BCUT2D eigenvalue weighted by atomic mass is 9.88. The van der Waals surface area contributed by atoms with Crippen LogP contribution in [0.2, 0.25) is 0 Å². The highest BCUT2D eigenvalue weighted by molar-refractivity contribution is 9.10. The zero-order valence-corrected chi connectivity index (χ0v) is 36.0. The Hall–Kier alpha value is -4.10. The van der Waals surface area contributed by atoms with Crippen LogP contribution in [0.3, 0.4) is 0 Å². The van der Waals surface area contributed by atoms with Gasteiger partial charge >= 0.3 is 6.09 Å². The molecule has 0 unspecified atom stereocenters. The molecule has 3 aromatic heterocycles. The third kappa shape index (κ3) is 8.56. The van der Waals surface area contributed by atoms with Gasteiger partial charge in [0.05, 0.1) is 56.7 Å². The molecule has 3 atom stereocenters. The summed E-state index contributed by atoms with van der Waals surface area (Å²) < 4.78 is 16.7. The molecule has 2 fully saturated rings. The van der Waals surface area contributed by atoms with E-state index in [4.69, 9.17) is 9.47 Å². The Kier molecular flexibility index (Phi) is 11.6. The van der Waals surface area contributed by atoms with E-state index in [1.165, 1.54) is 10.4 Å². The molecule has 8 rings (SSSR count). The summed E-state index contributed by atoms with van der Waals surface area (Å²) in [6.07, 6.45) is 5.68. The minimum absolute atomic E-state index is 0.135. The number of aromatic nitrogens is 4. The first-order valence-electron chi connectivity index (χ1n) is 20.4. The van der Waals surface area contributed by atoms with Gasteiger partial charge in [0.25, 0.3) is 5.56 Å². The summed E-state index contributed by atoms with van der Waals surface area (Å²) in [5.74, 6) is 1.66. The number of halogens is 1. The van der Waals surface area contributed by atoms with Crippen molar-refractivity contribution in [2.75, 3.05) is 32.8 Å². The molecule has 2 aliphatic rings. The molecule has 2 aliphatic heterocycles. The predicted molar refractivity (Wildman–Crippen MR) is 232 cm³/mol. The Morgan fingerprint density at radius 1 is 1.02 bits per heavy atom. The van der Waals surface area contributed by atoms with Crippen molar-refractivity contribution in [3.05, 3.63) is 97.8 Å². The second-order valence-corrected chi connectivity index (χ2v) is 18.7. The van der Waals surface area contributed by atoms with E-state index in [0.717, 1.165) is 96.0 Å². The van der Waals surface area contributed by atoms with Crippen LogP contribution < -0.4 is 10.9 Å². The van der Waals surface area contributed by atoms with Crippen LogP contribution in [0.25, 0.3) is 38.2 Å². The fourth-order valence-corrected chi connectivity index (χ4v) is 10.0. The summed E-state index contributed by atoms with van der Waals surface area (Å²) in [5.41, 5.74) is 8.77. The molecule has 3 aromatic carbocycles. The van der Waals surface area contributed by atoms with Crippen LogP contribution in [0, 0.1) is 12.8 Å². The van der Waals surface area contributed by atoms with Crippen LogP contribution in [-0.4, -0.2) is 68.4 Å². The number of imidazole rings is 1. The Morgan fingerprint density at radius 2 is 1.81 bits per heavy atom. The maximum absolute atomic E-state index is 13.3. The maximum atomic E-state index is 13.3. The summed E-state index contributed by atoms with van der Waals surface area (Å²) in [4.78, 5) is 39.1. The van der Waals surface area contributed by atoms with Gasteiger partial charge in [-0.2, -0.15) is 4.98 Å². The topological polar surface area (TPSA) is 103 Å². The monoisotopic (exact) mass is 852 g/mol. The van der Waals surface area contributed by atoms with Gasteiger partial charge in [-0.05, 0) is 155 Å². The normalized spacial score (nSPS) is 18.1. The van der Waals surface area contributed by atoms with E-state index in [9.17, 15) is 9.59 Å². The van der Waals surface area contributed by atoms with Crippen LogP contribution in [-0.2, 0) is 9.47 Å². The summed E-state index contributed by atoms with van der Waals surface area (Å²) in [6, 6.07) is 21.3. The van der Waals surface area contributed by atoms with Gasteiger partial charge in [0.2, 0.25) is 5.78 Å². The minimum Gasteiger partial charge on any atom is -0.444 e. The second kappa shape index (κ2) is 16.6. The number of carbonyl (C=O) groups excluding carboxylic acids is 1. The van der Waals surface area contributed by atoms with E-state index in [2.05, 4.69) is 94.5 Å². The largest absolute Gasteiger partial charge is 0.444 e. The van der Waals surface area contributed by atoms with Crippen LogP contribution in [0.1, 0.15) is 101 Å². The number of hydrogen-bond donors (Lipinski definition) is 1. The number of rotatable bonds is 11. The number of likely N-dealkylation sites (tertiary alicyclic amines) is 1. The molecule has 10 nitrogen and oxygen atoms in total. The average molecular weight is 854 g/mol. The Morgan fingerprint density at radius 3 is 2.51 bits per heavy atom. The molecule has 0 radical (unpaired) electrons. The molecule has 2 saturated heterocycles. The number of nitrogens with zero attached hydrogens (tertiary/aromatic N) is 5. The number of alkyl carbamates (subject to hydrolysis) is 1. The summed E-state index contributed by atoms with van der Waals surface area (Å²) in [6.45, 7) is 14.6. The molecular weight excluding hydrogens is 801 g/mol. The van der Waals surface area contributed by atoms with E-state index < -0.39 is 5.60 Å². The van der Waals surface area contributed by atoms with E-state index >= 15 is 0 Å². The Bertz CT molecular complexity index is 2440. The van der Waals surface area contributed by atoms with Gasteiger partial charge in [-0.15, -0.1) is 11.3 Å². The summed E-state index contributed by atoms with van der Waals surface area (Å²) >= 11 is 5.25. The highest BCUT2D eigenvalue weighted by Crippen LogP contribution is 2.36. The van der Waals surface area contributed by atoms with Crippen molar-refractivity contribution in [1.82, 2.24) is 29.2 Å². The number of nitrogens with one attached hydrogen (secondary N) is 1. The summed E-state index contributed by atoms with van der Waals surface area (Å²) in [5, 5.41) is 3.78. The van der Waals surface area contributed by atoms with Gasteiger partial charge in [0.1, 0.15) is 5.60 Å². The predicted octanol–water partition coefficient (Wildman–Crippen LogP) is 10.2. The molecule has 57 heavy (non-hydrogen) atoms. The molecule has 5 heterocycles. The second-order valence-electron chi connectivity index (χ2n) is 17.0. The first kappa shape index (κ1) is 39.7. The van der Waals surface area contributed by atoms with Crippen molar-refractivity contribution in [3.63, 3.8) is 0 Å². The third-order valence-electron chi connectivity index (χ3n) is 11.8. The molecule has 300 valence electrons. The van der Waals surface area contributed by atoms with Gasteiger partial charge in [-0.25, -0.2) is 9.78 Å². The van der Waals surface area contributed by atoms with Gasteiger partial charge < -0.3 is 24.3 Å². The van der Waals surface area contributed by atoms with Crippen molar-refractivity contribution in [2.24, 2.45) is 5.92 Å². The number of aryl methyl sites for hydroxylation is 1. The van der Waals surface area contributed by atoms with E-state index in [1.54, 1.807) is 11.3 Å². The first-order valence-corrected chi connectivity index (χ1v) is 22.1. The van der Waals surface area contributed by atoms with Crippen molar-refractivity contribution < 1.29 is 14.3 Å². The van der Waals surface area contributed by atoms with Crippen LogP contribution in [0.5, 0.6) is 0 Å². The number of amides is 1. The zero-order valence-electron chi connectivity index (χ0n) is 33.6. The first-order chi connectivity index (χ1) is 27.4. The van der Waals surface area contributed by atoms with Crippen LogP contribution in [0.15, 0.2) is 75.4 Å². The van der Waals surface area contributed by atoms with Gasteiger partial charge in [0.15, 0.2) is 0 Å². The summed E-state index contributed by atoms with van der Waals surface area (Å²) in [7, 11) is 0.